The topological polar surface area (TPSA) is 20.2 Å². The number of aliphatic hydroxyl groups excluding tert-OH is 1. The highest BCUT2D eigenvalue weighted by Gasteiger charge is 2.06. The van der Waals surface area contributed by atoms with E-state index < -0.39 is 0 Å². The lowest BCUT2D eigenvalue weighted by Crippen LogP contribution is -1.99. The molecule has 0 aliphatic rings. The standard InChI is InChI=1S/C10H12ClOS/c1-7(6-12)8-3-9(11)5-10(4-8)13-2/h3-5,12H,6H2,1-2H3. The average molecular weight is 216 g/mol. The van der Waals surface area contributed by atoms with E-state index in [0.717, 1.165) is 21.4 Å². The summed E-state index contributed by atoms with van der Waals surface area (Å²) in [6.45, 7) is 1.98. The van der Waals surface area contributed by atoms with Crippen LogP contribution in [0, 0.1) is 5.92 Å². The van der Waals surface area contributed by atoms with Crippen LogP contribution in [0.5, 0.6) is 0 Å². The highest BCUT2D eigenvalue weighted by Crippen LogP contribution is 2.25. The quantitative estimate of drug-likeness (QED) is 0.783. The average Bonchev–Trinajstić information content (AvgIpc) is 2.15. The second kappa shape index (κ2) is 4.89. The van der Waals surface area contributed by atoms with Gasteiger partial charge in [0, 0.05) is 15.8 Å². The van der Waals surface area contributed by atoms with Crippen molar-refractivity contribution >= 4 is 23.4 Å². The molecule has 0 atom stereocenters. The van der Waals surface area contributed by atoms with E-state index in [9.17, 15) is 0 Å². The fraction of sp³-hybridized carbons (Fsp3) is 0.300. The summed E-state index contributed by atoms with van der Waals surface area (Å²) in [6.07, 6.45) is 2.00. The number of aliphatic hydroxyl groups is 1. The molecule has 0 fully saturated rings. The van der Waals surface area contributed by atoms with Crippen LogP contribution in [0.25, 0.3) is 0 Å². The van der Waals surface area contributed by atoms with Gasteiger partial charge in [0.25, 0.3) is 0 Å². The summed E-state index contributed by atoms with van der Waals surface area (Å²) in [5.41, 5.74) is 1.01. The molecule has 13 heavy (non-hydrogen) atoms. The molecule has 1 rings (SSSR count). The van der Waals surface area contributed by atoms with Gasteiger partial charge in [-0.15, -0.1) is 11.8 Å². The van der Waals surface area contributed by atoms with Crippen molar-refractivity contribution in [1.29, 1.82) is 0 Å². The highest BCUT2D eigenvalue weighted by atomic mass is 35.5. The largest absolute Gasteiger partial charge is 0.395 e. The fourth-order valence-electron chi connectivity index (χ4n) is 1.02. The summed E-state index contributed by atoms with van der Waals surface area (Å²) in [5.74, 6) is 0.942. The van der Waals surface area contributed by atoms with Crippen LogP contribution in [0.4, 0.5) is 0 Å². The molecule has 0 bridgehead atoms. The zero-order valence-electron chi connectivity index (χ0n) is 7.67. The molecule has 71 valence electrons. The Balaban J connectivity index is 3.01. The Morgan fingerprint density at radius 1 is 1.46 bits per heavy atom. The summed E-state index contributed by atoms with van der Waals surface area (Å²) in [4.78, 5) is 1.12. The fourth-order valence-corrected chi connectivity index (χ4v) is 1.81. The minimum atomic E-state index is 0.0775. The molecule has 0 saturated heterocycles. The summed E-state index contributed by atoms with van der Waals surface area (Å²) < 4.78 is 0. The van der Waals surface area contributed by atoms with Crippen molar-refractivity contribution in [2.75, 3.05) is 12.9 Å². The van der Waals surface area contributed by atoms with Gasteiger partial charge in [-0.3, -0.25) is 0 Å². The molecule has 0 unspecified atom stereocenters. The third-order valence-corrected chi connectivity index (χ3v) is 2.76. The molecular formula is C10H12ClOS. The Bertz CT molecular complexity index is 288. The van der Waals surface area contributed by atoms with Crippen molar-refractivity contribution in [3.63, 3.8) is 0 Å². The number of benzene rings is 1. The van der Waals surface area contributed by atoms with Crippen LogP contribution in [-0.2, 0) is 0 Å². The normalized spacial score (nSPS) is 10.8. The van der Waals surface area contributed by atoms with Gasteiger partial charge in [-0.2, -0.15) is 0 Å². The first-order valence-corrected chi connectivity index (χ1v) is 5.56. The molecule has 1 nitrogen and oxygen atoms in total. The van der Waals surface area contributed by atoms with Crippen LogP contribution < -0.4 is 0 Å². The van der Waals surface area contributed by atoms with Gasteiger partial charge in [-0.1, -0.05) is 18.5 Å². The first kappa shape index (κ1) is 10.9. The second-order valence-corrected chi connectivity index (χ2v) is 4.13. The van der Waals surface area contributed by atoms with E-state index in [1.54, 1.807) is 11.8 Å². The molecular weight excluding hydrogens is 204 g/mol. The van der Waals surface area contributed by atoms with Gasteiger partial charge in [0.2, 0.25) is 0 Å². The lowest BCUT2D eigenvalue weighted by Gasteiger charge is -2.09. The first-order chi connectivity index (χ1) is 6.17. The van der Waals surface area contributed by atoms with Crippen LogP contribution in [0.1, 0.15) is 12.5 Å². The molecule has 1 aromatic carbocycles. The van der Waals surface area contributed by atoms with Gasteiger partial charge in [0.05, 0.1) is 6.61 Å². The molecule has 0 aromatic heterocycles. The van der Waals surface area contributed by atoms with E-state index in [1.165, 1.54) is 0 Å². The van der Waals surface area contributed by atoms with Crippen LogP contribution in [0.3, 0.4) is 0 Å². The molecule has 1 radical (unpaired) electrons. The summed E-state index contributed by atoms with van der Waals surface area (Å²) in [6, 6.07) is 5.81. The molecule has 1 aromatic rings. The van der Waals surface area contributed by atoms with Gasteiger partial charge in [-0.25, -0.2) is 0 Å². The zero-order valence-corrected chi connectivity index (χ0v) is 9.25. The van der Waals surface area contributed by atoms with Gasteiger partial charge < -0.3 is 5.11 Å². The smallest absolute Gasteiger partial charge is 0.0534 e. The van der Waals surface area contributed by atoms with Crippen LogP contribution in [0.15, 0.2) is 23.1 Å². The van der Waals surface area contributed by atoms with Crippen molar-refractivity contribution in [1.82, 2.24) is 0 Å². The maximum atomic E-state index is 8.96. The van der Waals surface area contributed by atoms with Gasteiger partial charge in [0.1, 0.15) is 0 Å². The molecule has 0 saturated carbocycles. The van der Waals surface area contributed by atoms with Crippen LogP contribution >= 0.6 is 23.4 Å². The van der Waals surface area contributed by atoms with Crippen LogP contribution in [-0.4, -0.2) is 18.0 Å². The van der Waals surface area contributed by atoms with Gasteiger partial charge >= 0.3 is 0 Å². The molecule has 0 aliphatic heterocycles. The minimum absolute atomic E-state index is 0.0775. The molecule has 0 spiro atoms. The zero-order chi connectivity index (χ0) is 9.84. The number of hydrogen-bond donors (Lipinski definition) is 1. The van der Waals surface area contributed by atoms with E-state index in [2.05, 4.69) is 0 Å². The van der Waals surface area contributed by atoms with E-state index in [0.29, 0.717) is 0 Å². The summed E-state index contributed by atoms with van der Waals surface area (Å²) in [7, 11) is 0. The maximum absolute atomic E-state index is 8.96. The lowest BCUT2D eigenvalue weighted by molar-refractivity contribution is 0.315. The van der Waals surface area contributed by atoms with Gasteiger partial charge in [-0.05, 0) is 30.0 Å². The monoisotopic (exact) mass is 215 g/mol. The molecule has 3 heteroatoms. The molecule has 1 N–H and O–H groups in total. The van der Waals surface area contributed by atoms with E-state index in [4.69, 9.17) is 16.7 Å². The predicted octanol–water partition coefficient (Wildman–Crippen LogP) is 3.00. The minimum Gasteiger partial charge on any atom is -0.395 e. The lowest BCUT2D eigenvalue weighted by atomic mass is 10.0. The number of thioether (sulfide) groups is 1. The van der Waals surface area contributed by atoms with E-state index >= 15 is 0 Å². The summed E-state index contributed by atoms with van der Waals surface area (Å²) >= 11 is 7.57. The molecule has 0 amide bonds. The maximum Gasteiger partial charge on any atom is 0.0534 e. The highest BCUT2D eigenvalue weighted by molar-refractivity contribution is 7.98. The number of halogens is 1. The number of rotatable bonds is 3. The Kier molecular flexibility index (Phi) is 4.10. The predicted molar refractivity (Wildman–Crippen MR) is 58.3 cm³/mol. The SMILES string of the molecule is CSc1cc(Cl)cc([C](C)CO)c1. The number of hydrogen-bond acceptors (Lipinski definition) is 2. The van der Waals surface area contributed by atoms with Crippen molar-refractivity contribution < 1.29 is 5.11 Å². The van der Waals surface area contributed by atoms with Crippen LogP contribution in [0.2, 0.25) is 5.02 Å². The Hall–Kier alpha value is -0.180. The summed E-state index contributed by atoms with van der Waals surface area (Å²) in [5, 5.41) is 9.67. The molecule has 0 heterocycles. The van der Waals surface area contributed by atoms with Crippen molar-refractivity contribution in [3.05, 3.63) is 34.7 Å². The van der Waals surface area contributed by atoms with Crippen molar-refractivity contribution in [2.45, 2.75) is 11.8 Å². The van der Waals surface area contributed by atoms with Crippen molar-refractivity contribution in [2.24, 2.45) is 0 Å². The van der Waals surface area contributed by atoms with Gasteiger partial charge in [0.15, 0.2) is 0 Å². The third-order valence-electron chi connectivity index (χ3n) is 1.84. The molecule has 0 aliphatic carbocycles. The first-order valence-electron chi connectivity index (χ1n) is 3.95. The third kappa shape index (κ3) is 2.90. The van der Waals surface area contributed by atoms with E-state index in [1.807, 2.05) is 31.4 Å². The Morgan fingerprint density at radius 2 is 2.15 bits per heavy atom. The Morgan fingerprint density at radius 3 is 2.69 bits per heavy atom. The van der Waals surface area contributed by atoms with E-state index in [-0.39, 0.29) is 6.61 Å². The van der Waals surface area contributed by atoms with Crippen molar-refractivity contribution in [3.8, 4) is 0 Å². The Labute approximate surface area is 88.1 Å². The second-order valence-electron chi connectivity index (χ2n) is 2.82.